The van der Waals surface area contributed by atoms with Crippen molar-refractivity contribution in [2.24, 2.45) is 14.1 Å². The third-order valence-electron chi connectivity index (χ3n) is 8.37. The van der Waals surface area contributed by atoms with Crippen molar-refractivity contribution in [1.82, 2.24) is 23.1 Å². The first kappa shape index (κ1) is 43.7. The van der Waals surface area contributed by atoms with Gasteiger partial charge in [0, 0.05) is 52.0 Å². The van der Waals surface area contributed by atoms with Crippen LogP contribution in [0, 0.1) is 17.7 Å². The van der Waals surface area contributed by atoms with E-state index in [1.165, 1.54) is 35.6 Å². The van der Waals surface area contributed by atoms with Crippen LogP contribution in [0.4, 0.5) is 61.5 Å². The van der Waals surface area contributed by atoms with Crippen molar-refractivity contribution in [1.29, 1.82) is 0 Å². The monoisotopic (exact) mass is 984 g/mol. The van der Waals surface area contributed by atoms with E-state index in [0.29, 0.717) is 30.0 Å². The van der Waals surface area contributed by atoms with E-state index in [9.17, 15) is 61.5 Å². The quantitative estimate of drug-likeness (QED) is 0.0965. The van der Waals surface area contributed by atoms with Crippen LogP contribution < -0.4 is 10.9 Å². The van der Waals surface area contributed by atoms with Gasteiger partial charge >= 0.3 is 31.1 Å². The number of benzene rings is 3. The van der Waals surface area contributed by atoms with Crippen molar-refractivity contribution in [3.8, 4) is 11.3 Å². The number of alkyl halides is 12. The average molecular weight is 984 g/mol. The number of hydrogen-bond acceptors (Lipinski definition) is 1. The zero-order valence-corrected chi connectivity index (χ0v) is 30.7. The molecule has 6 aromatic rings. The van der Waals surface area contributed by atoms with Crippen LogP contribution in [-0.4, -0.2) is 29.5 Å². The molecule has 0 aliphatic carbocycles. The minimum atomic E-state index is -5.36. The number of imidazole rings is 2. The SMILES string of the molecule is Cn1ccn([B-](c2cc(C(F)(F)F)cc(C(F)(F)F)c2)(c2cc(C(F)(F)F)cc(C(F)(F)F)c2)n2ccn(C)[cH+]2)[cH+]1.Fc1c[c-]c(-c2ccccn2)c(F)c1.[Ir]. The van der Waals surface area contributed by atoms with Gasteiger partial charge < -0.3 is 13.9 Å². The van der Waals surface area contributed by atoms with E-state index in [4.69, 9.17) is 0 Å². The van der Waals surface area contributed by atoms with Gasteiger partial charge in [0.05, 0.1) is 22.3 Å². The molecule has 0 fully saturated rings. The first-order valence-corrected chi connectivity index (χ1v) is 15.5. The molecule has 1 radical (unpaired) electrons. The van der Waals surface area contributed by atoms with Gasteiger partial charge in [-0.05, 0) is 23.9 Å². The molecule has 56 heavy (non-hydrogen) atoms. The van der Waals surface area contributed by atoms with E-state index in [-0.39, 0.29) is 37.8 Å². The van der Waals surface area contributed by atoms with Gasteiger partial charge in [0.1, 0.15) is 25.0 Å². The van der Waals surface area contributed by atoms with Gasteiger partial charge in [0.15, 0.2) is 12.4 Å². The molecule has 0 bridgehead atoms. The van der Waals surface area contributed by atoms with Gasteiger partial charge in [0.25, 0.3) is 0 Å². The molecule has 0 saturated heterocycles. The normalized spacial score (nSPS) is 12.5. The Morgan fingerprint density at radius 2 is 1.00 bits per heavy atom. The van der Waals surface area contributed by atoms with Crippen LogP contribution in [0.5, 0.6) is 0 Å². The fourth-order valence-electron chi connectivity index (χ4n) is 5.99. The summed E-state index contributed by atoms with van der Waals surface area (Å²) in [4.78, 5) is 3.95. The largest absolute Gasteiger partial charge is 0.416 e. The minimum absolute atomic E-state index is 0. The van der Waals surface area contributed by atoms with Crippen molar-refractivity contribution in [2.75, 3.05) is 0 Å². The maximum Gasteiger partial charge on any atom is 0.416 e. The van der Waals surface area contributed by atoms with Gasteiger partial charge in [-0.25, -0.2) is 9.13 Å². The Morgan fingerprint density at radius 3 is 1.30 bits per heavy atom. The summed E-state index contributed by atoms with van der Waals surface area (Å²) in [5.41, 5.74) is -8.28. The number of hydrogen-bond donors (Lipinski definition) is 0. The molecular formula is C35H24BF14IrN5. The van der Waals surface area contributed by atoms with Gasteiger partial charge in [-0.2, -0.15) is 63.6 Å². The Bertz CT molecular complexity index is 2110. The van der Waals surface area contributed by atoms with Crippen molar-refractivity contribution >= 4 is 17.3 Å². The van der Waals surface area contributed by atoms with Gasteiger partial charge in [-0.3, -0.25) is 8.78 Å². The Kier molecular flexibility index (Phi) is 12.4. The number of aromatic nitrogens is 5. The molecule has 0 unspecified atom stereocenters. The molecule has 0 aliphatic heterocycles. The molecule has 299 valence electrons. The molecule has 5 nitrogen and oxygen atoms in total. The summed E-state index contributed by atoms with van der Waals surface area (Å²) in [6.07, 6.45) is -16.5. The van der Waals surface area contributed by atoms with Gasteiger partial charge in [0.2, 0.25) is 0 Å². The van der Waals surface area contributed by atoms with Crippen LogP contribution in [0.25, 0.3) is 11.3 Å². The number of aryl methyl sites for hydroxylation is 2. The van der Waals surface area contributed by atoms with Gasteiger partial charge in [-0.1, -0.05) is 48.0 Å². The van der Waals surface area contributed by atoms with E-state index >= 15 is 0 Å². The molecule has 0 aliphatic rings. The molecule has 3 aromatic heterocycles. The Hall–Kier alpha value is -5.04. The summed E-state index contributed by atoms with van der Waals surface area (Å²) in [5, 5.41) is 0. The van der Waals surface area contributed by atoms with E-state index < -0.39 is 75.9 Å². The van der Waals surface area contributed by atoms with Crippen molar-refractivity contribution in [3.63, 3.8) is 0 Å². The predicted octanol–water partition coefficient (Wildman–Crippen LogP) is 9.08. The second-order valence-electron chi connectivity index (χ2n) is 12.3. The Balaban J connectivity index is 0.000000388. The average Bonchev–Trinajstić information content (AvgIpc) is 3.72. The molecule has 0 spiro atoms. The topological polar surface area (TPSA) is 32.6 Å². The number of halogens is 14. The zero-order chi connectivity index (χ0) is 40.7. The second kappa shape index (κ2) is 15.8. The maximum absolute atomic E-state index is 13.9. The molecule has 0 saturated carbocycles. The maximum atomic E-state index is 13.9. The van der Waals surface area contributed by atoms with E-state index in [0.717, 1.165) is 46.1 Å². The van der Waals surface area contributed by atoms with Crippen molar-refractivity contribution in [3.05, 3.63) is 150 Å². The number of pyridine rings is 1. The minimum Gasteiger partial charge on any atom is -0.366 e. The third kappa shape index (κ3) is 9.32. The summed E-state index contributed by atoms with van der Waals surface area (Å²) in [6.45, 7) is 0. The van der Waals surface area contributed by atoms with E-state index in [1.807, 2.05) is 0 Å². The molecule has 21 heteroatoms. The third-order valence-corrected chi connectivity index (χ3v) is 8.37. The summed E-state index contributed by atoms with van der Waals surface area (Å²) in [6, 6.07) is 10.3. The van der Waals surface area contributed by atoms with Crippen molar-refractivity contribution < 1.29 is 81.6 Å². The first-order chi connectivity index (χ1) is 25.4. The molecule has 6 rings (SSSR count). The summed E-state index contributed by atoms with van der Waals surface area (Å²) in [5.74, 6) is -1.29. The Morgan fingerprint density at radius 1 is 0.589 bits per heavy atom. The summed E-state index contributed by atoms with van der Waals surface area (Å²) < 4.78 is 197. The summed E-state index contributed by atoms with van der Waals surface area (Å²) >= 11 is 0. The van der Waals surface area contributed by atoms with Crippen molar-refractivity contribution in [2.45, 2.75) is 24.7 Å². The molecule has 3 aromatic carbocycles. The van der Waals surface area contributed by atoms with E-state index in [2.05, 4.69) is 11.1 Å². The van der Waals surface area contributed by atoms with Crippen LogP contribution in [0.15, 0.2) is 110 Å². The first-order valence-electron chi connectivity index (χ1n) is 15.5. The molecule has 0 N–H and O–H groups in total. The molecule has 3 heterocycles. The molecule has 0 atom stereocenters. The van der Waals surface area contributed by atoms with Gasteiger partial charge in [-0.15, -0.1) is 12.1 Å². The van der Waals surface area contributed by atoms with Crippen LogP contribution in [0.1, 0.15) is 22.3 Å². The predicted molar refractivity (Wildman–Crippen MR) is 173 cm³/mol. The van der Waals surface area contributed by atoms with Crippen LogP contribution in [0.2, 0.25) is 0 Å². The van der Waals surface area contributed by atoms with Crippen LogP contribution >= 0.6 is 0 Å². The number of rotatable bonds is 5. The fraction of sp³-hybridized carbons (Fsp3) is 0.171. The van der Waals surface area contributed by atoms with Crippen LogP contribution in [-0.2, 0) is 58.9 Å². The van der Waals surface area contributed by atoms with Crippen LogP contribution in [0.3, 0.4) is 0 Å². The number of nitrogens with zero attached hydrogens (tertiary/aromatic N) is 5. The zero-order valence-electron chi connectivity index (χ0n) is 28.3. The molecule has 0 amide bonds. The smallest absolute Gasteiger partial charge is 0.366 e. The Labute approximate surface area is 321 Å². The van der Waals surface area contributed by atoms with E-state index in [1.54, 1.807) is 24.4 Å². The standard InChI is InChI=1S/C24H18BF12N4.C11H6F2N.Ir/c1-38-3-5-40(13-38)25(41-6-4-39(2)14-41,19-9-15(21(26,27)28)7-16(10-19)22(29,30)31)20-11-17(23(32,33)34)8-18(12-20)24(35,36)37;12-8-4-5-9(10(13)7-8)11-3-1-2-6-14-11;/h3-14H,1-2H3;1-4,6-7H;/q+1;-1;. The second-order valence-corrected chi connectivity index (χ2v) is 12.3. The molecular weight excluding hydrogens is 959 g/mol. The summed E-state index contributed by atoms with van der Waals surface area (Å²) in [7, 11) is 2.79. The fourth-order valence-corrected chi connectivity index (χ4v) is 5.99.